The number of para-hydroxylation sites is 1. The number of ether oxygens (including phenoxy) is 1. The van der Waals surface area contributed by atoms with E-state index in [2.05, 4.69) is 5.16 Å². The maximum absolute atomic E-state index is 12.3. The molecule has 24 heavy (non-hydrogen) atoms. The zero-order valence-corrected chi connectivity index (χ0v) is 13.9. The molecule has 6 heteroatoms. The fraction of sp³-hybridized carbons (Fsp3) is 0.444. The number of hydrogen-bond donors (Lipinski definition) is 1. The Morgan fingerprint density at radius 3 is 2.71 bits per heavy atom. The maximum Gasteiger partial charge on any atom is 0.260 e. The standard InChI is InChI=1S/C18H23N3O3/c1-2-15-17(20-24-18(15)19)13-8-10-21(11-9-13)16(22)12-23-14-6-4-3-5-7-14/h3-7,13H,2,8-12,19H2,1H3. The molecule has 3 rings (SSSR count). The van der Waals surface area contributed by atoms with Crippen LogP contribution in [0.2, 0.25) is 0 Å². The zero-order chi connectivity index (χ0) is 16.9. The summed E-state index contributed by atoms with van der Waals surface area (Å²) in [6.45, 7) is 3.53. The Morgan fingerprint density at radius 1 is 1.33 bits per heavy atom. The molecule has 0 saturated carbocycles. The van der Waals surface area contributed by atoms with E-state index in [0.717, 1.165) is 30.5 Å². The lowest BCUT2D eigenvalue weighted by molar-refractivity contribution is -0.134. The molecule has 0 bridgehead atoms. The van der Waals surface area contributed by atoms with Gasteiger partial charge >= 0.3 is 0 Å². The van der Waals surface area contributed by atoms with Gasteiger partial charge in [-0.2, -0.15) is 0 Å². The van der Waals surface area contributed by atoms with Gasteiger partial charge in [0.2, 0.25) is 5.88 Å². The number of carbonyl (C=O) groups is 1. The molecule has 0 unspecified atom stereocenters. The van der Waals surface area contributed by atoms with E-state index < -0.39 is 0 Å². The van der Waals surface area contributed by atoms with Crippen LogP contribution in [-0.2, 0) is 11.2 Å². The van der Waals surface area contributed by atoms with E-state index >= 15 is 0 Å². The van der Waals surface area contributed by atoms with E-state index in [4.69, 9.17) is 15.0 Å². The minimum Gasteiger partial charge on any atom is -0.484 e. The first-order valence-electron chi connectivity index (χ1n) is 8.38. The number of likely N-dealkylation sites (tertiary alicyclic amines) is 1. The van der Waals surface area contributed by atoms with Crippen molar-refractivity contribution in [3.05, 3.63) is 41.6 Å². The Hall–Kier alpha value is -2.50. The minimum absolute atomic E-state index is 0.0210. The first-order valence-corrected chi connectivity index (χ1v) is 8.38. The van der Waals surface area contributed by atoms with Gasteiger partial charge in [-0.3, -0.25) is 4.79 Å². The van der Waals surface area contributed by atoms with Crippen LogP contribution in [0.5, 0.6) is 5.75 Å². The van der Waals surface area contributed by atoms with Crippen molar-refractivity contribution in [3.63, 3.8) is 0 Å². The van der Waals surface area contributed by atoms with Crippen LogP contribution >= 0.6 is 0 Å². The van der Waals surface area contributed by atoms with Gasteiger partial charge in [-0.05, 0) is 31.4 Å². The number of benzene rings is 1. The van der Waals surface area contributed by atoms with Gasteiger partial charge in [-0.1, -0.05) is 30.3 Å². The zero-order valence-electron chi connectivity index (χ0n) is 13.9. The van der Waals surface area contributed by atoms with Crippen LogP contribution in [0.4, 0.5) is 5.88 Å². The third-order valence-electron chi connectivity index (χ3n) is 4.54. The van der Waals surface area contributed by atoms with Gasteiger partial charge in [0.1, 0.15) is 5.75 Å². The minimum atomic E-state index is 0.0210. The maximum atomic E-state index is 12.3. The lowest BCUT2D eigenvalue weighted by atomic mass is 9.90. The second-order valence-corrected chi connectivity index (χ2v) is 6.02. The van der Waals surface area contributed by atoms with Crippen molar-refractivity contribution in [3.8, 4) is 5.75 Å². The molecular weight excluding hydrogens is 306 g/mol. The molecule has 1 aliphatic rings. The van der Waals surface area contributed by atoms with E-state index in [-0.39, 0.29) is 12.5 Å². The lowest BCUT2D eigenvalue weighted by Gasteiger charge is -2.31. The van der Waals surface area contributed by atoms with E-state index in [0.29, 0.717) is 30.6 Å². The van der Waals surface area contributed by atoms with Crippen LogP contribution in [0, 0.1) is 0 Å². The number of hydrogen-bond acceptors (Lipinski definition) is 5. The third kappa shape index (κ3) is 3.53. The van der Waals surface area contributed by atoms with Gasteiger partial charge in [0.05, 0.1) is 5.69 Å². The quantitative estimate of drug-likeness (QED) is 0.912. The predicted octanol–water partition coefficient (Wildman–Crippen LogP) is 2.60. The molecule has 0 spiro atoms. The predicted molar refractivity (Wildman–Crippen MR) is 90.8 cm³/mol. The molecule has 0 atom stereocenters. The first-order chi connectivity index (χ1) is 11.7. The van der Waals surface area contributed by atoms with Crippen LogP contribution in [-0.4, -0.2) is 35.7 Å². The van der Waals surface area contributed by atoms with Crippen LogP contribution in [0.25, 0.3) is 0 Å². The molecular formula is C18H23N3O3. The highest BCUT2D eigenvalue weighted by molar-refractivity contribution is 5.77. The lowest BCUT2D eigenvalue weighted by Crippen LogP contribution is -2.40. The fourth-order valence-electron chi connectivity index (χ4n) is 3.17. The number of amides is 1. The van der Waals surface area contributed by atoms with Crippen molar-refractivity contribution < 1.29 is 14.1 Å². The van der Waals surface area contributed by atoms with Gasteiger partial charge in [0.25, 0.3) is 5.91 Å². The molecule has 2 aromatic rings. The summed E-state index contributed by atoms with van der Waals surface area (Å²) in [7, 11) is 0. The Balaban J connectivity index is 1.52. The average Bonchev–Trinajstić information content (AvgIpc) is 3.01. The molecule has 1 fully saturated rings. The van der Waals surface area contributed by atoms with Gasteiger partial charge in [0, 0.05) is 24.6 Å². The summed E-state index contributed by atoms with van der Waals surface area (Å²) in [4.78, 5) is 14.1. The molecule has 1 aliphatic heterocycles. The number of anilines is 1. The van der Waals surface area contributed by atoms with Crippen LogP contribution < -0.4 is 10.5 Å². The summed E-state index contributed by atoms with van der Waals surface area (Å²) in [6, 6.07) is 9.39. The third-order valence-corrected chi connectivity index (χ3v) is 4.54. The van der Waals surface area contributed by atoms with Crippen LogP contribution in [0.3, 0.4) is 0 Å². The molecule has 2 heterocycles. The molecule has 0 radical (unpaired) electrons. The number of carbonyl (C=O) groups excluding carboxylic acids is 1. The molecule has 1 aromatic heterocycles. The summed E-state index contributed by atoms with van der Waals surface area (Å²) in [5, 5.41) is 4.13. The van der Waals surface area contributed by atoms with Crippen molar-refractivity contribution >= 4 is 11.8 Å². The highest BCUT2D eigenvalue weighted by Gasteiger charge is 2.28. The second-order valence-electron chi connectivity index (χ2n) is 6.02. The topological polar surface area (TPSA) is 81.6 Å². The van der Waals surface area contributed by atoms with Gasteiger partial charge < -0.3 is 19.9 Å². The van der Waals surface area contributed by atoms with Gasteiger partial charge in [-0.15, -0.1) is 0 Å². The van der Waals surface area contributed by atoms with Crippen LogP contribution in [0.15, 0.2) is 34.9 Å². The molecule has 6 nitrogen and oxygen atoms in total. The van der Waals surface area contributed by atoms with Crippen molar-refractivity contribution in [2.75, 3.05) is 25.4 Å². The van der Waals surface area contributed by atoms with Crippen molar-refractivity contribution in [1.29, 1.82) is 0 Å². The van der Waals surface area contributed by atoms with Crippen molar-refractivity contribution in [2.45, 2.75) is 32.1 Å². The van der Waals surface area contributed by atoms with E-state index in [9.17, 15) is 4.79 Å². The van der Waals surface area contributed by atoms with Crippen LogP contribution in [0.1, 0.15) is 36.9 Å². The summed E-state index contributed by atoms with van der Waals surface area (Å²) in [6.07, 6.45) is 2.56. The summed E-state index contributed by atoms with van der Waals surface area (Å²) < 4.78 is 10.7. The smallest absolute Gasteiger partial charge is 0.260 e. The number of rotatable bonds is 5. The largest absolute Gasteiger partial charge is 0.484 e. The fourth-order valence-corrected chi connectivity index (χ4v) is 3.17. The summed E-state index contributed by atoms with van der Waals surface area (Å²) in [5.74, 6) is 1.46. The monoisotopic (exact) mass is 329 g/mol. The molecule has 0 aliphatic carbocycles. The van der Waals surface area contributed by atoms with Gasteiger partial charge in [-0.25, -0.2) is 0 Å². The Bertz CT molecular complexity index is 676. The highest BCUT2D eigenvalue weighted by Crippen LogP contribution is 2.32. The molecule has 1 saturated heterocycles. The Kier molecular flexibility index (Phi) is 5.03. The highest BCUT2D eigenvalue weighted by atomic mass is 16.5. The number of nitrogens with two attached hydrogens (primary N) is 1. The normalized spacial score (nSPS) is 15.5. The van der Waals surface area contributed by atoms with E-state index in [1.165, 1.54) is 0 Å². The molecule has 2 N–H and O–H groups in total. The van der Waals surface area contributed by atoms with Gasteiger partial charge in [0.15, 0.2) is 6.61 Å². The number of piperidine rings is 1. The SMILES string of the molecule is CCc1c(C2CCN(C(=O)COc3ccccc3)CC2)noc1N. The summed E-state index contributed by atoms with van der Waals surface area (Å²) >= 11 is 0. The number of aromatic nitrogens is 1. The molecule has 1 amide bonds. The van der Waals surface area contributed by atoms with E-state index in [1.807, 2.05) is 42.2 Å². The number of nitrogens with zero attached hydrogens (tertiary/aromatic N) is 2. The van der Waals surface area contributed by atoms with E-state index in [1.54, 1.807) is 0 Å². The first kappa shape index (κ1) is 16.4. The molecule has 128 valence electrons. The Labute approximate surface area is 141 Å². The van der Waals surface area contributed by atoms with Crippen molar-refractivity contribution in [2.24, 2.45) is 0 Å². The summed E-state index contributed by atoms with van der Waals surface area (Å²) in [5.41, 5.74) is 7.79. The Morgan fingerprint density at radius 2 is 2.04 bits per heavy atom. The second kappa shape index (κ2) is 7.38. The molecule has 1 aromatic carbocycles. The number of nitrogen functional groups attached to an aromatic ring is 1. The van der Waals surface area contributed by atoms with Crippen molar-refractivity contribution in [1.82, 2.24) is 10.1 Å². The average molecular weight is 329 g/mol.